The van der Waals surface area contributed by atoms with Crippen molar-refractivity contribution >= 4 is 57.0 Å². The minimum Gasteiger partial charge on any atom is -0.480 e. The summed E-state index contributed by atoms with van der Waals surface area (Å²) in [5.74, 6) is 2.00. The second kappa shape index (κ2) is 9.85. The van der Waals surface area contributed by atoms with Crippen LogP contribution in [0.4, 0.5) is 17.3 Å². The van der Waals surface area contributed by atoms with Crippen molar-refractivity contribution < 1.29 is 9.90 Å². The van der Waals surface area contributed by atoms with Crippen LogP contribution in [0.5, 0.6) is 0 Å². The number of nitrogens with one attached hydrogen (secondary N) is 2. The molecule has 0 amide bonds. The van der Waals surface area contributed by atoms with Crippen molar-refractivity contribution in [3.05, 3.63) is 60.0 Å². The van der Waals surface area contributed by atoms with E-state index in [2.05, 4.69) is 46.0 Å². The number of carboxylic acids is 1. The number of nitrogen functional groups attached to an aromatic ring is 1. The molecule has 37 heavy (non-hydrogen) atoms. The average Bonchev–Trinajstić information content (AvgIpc) is 3.56. The van der Waals surface area contributed by atoms with Crippen molar-refractivity contribution in [2.24, 2.45) is 0 Å². The lowest BCUT2D eigenvalue weighted by molar-refractivity contribution is -0.138. The monoisotopic (exact) mass is 517 g/mol. The van der Waals surface area contributed by atoms with E-state index in [0.29, 0.717) is 35.4 Å². The minimum atomic E-state index is -0.919. The summed E-state index contributed by atoms with van der Waals surface area (Å²) in [6.45, 7) is 6.21. The number of carbonyl (C=O) groups is 1. The third-order valence-corrected chi connectivity index (χ3v) is 7.27. The number of thioether (sulfide) groups is 1. The zero-order chi connectivity index (χ0) is 26.3. The number of aliphatic carboxylic acids is 1. The maximum absolute atomic E-state index is 12.5. The zero-order valence-corrected chi connectivity index (χ0v) is 22.1. The van der Waals surface area contributed by atoms with Crippen LogP contribution in [0.2, 0.25) is 0 Å². The summed E-state index contributed by atoms with van der Waals surface area (Å²) in [6.07, 6.45) is 4.05. The number of anilines is 3. The Bertz CT molecular complexity index is 1580. The smallest absolute Gasteiger partial charge is 0.326 e. The van der Waals surface area contributed by atoms with Crippen LogP contribution < -0.4 is 10.6 Å². The third-order valence-electron chi connectivity index (χ3n) is 6.62. The Hall–Kier alpha value is -3.92. The van der Waals surface area contributed by atoms with E-state index in [0.717, 1.165) is 33.4 Å². The van der Waals surface area contributed by atoms with Crippen LogP contribution in [0.3, 0.4) is 0 Å². The molecule has 9 nitrogen and oxygen atoms in total. The Morgan fingerprint density at radius 2 is 1.97 bits per heavy atom. The molecule has 0 saturated heterocycles. The van der Waals surface area contributed by atoms with Crippen LogP contribution in [0.1, 0.15) is 37.6 Å². The molecule has 0 fully saturated rings. The van der Waals surface area contributed by atoms with Crippen molar-refractivity contribution in [3.8, 4) is 5.69 Å². The number of imidazole rings is 1. The van der Waals surface area contributed by atoms with Gasteiger partial charge in [-0.3, -0.25) is 0 Å². The molecule has 0 saturated carbocycles. The van der Waals surface area contributed by atoms with Gasteiger partial charge in [-0.2, -0.15) is 16.9 Å². The molecule has 5 rings (SSSR count). The Kier molecular flexibility index (Phi) is 6.59. The second-order valence-electron chi connectivity index (χ2n) is 9.51. The summed E-state index contributed by atoms with van der Waals surface area (Å²) in [7, 11) is 0. The number of aromatic amines is 2. The summed E-state index contributed by atoms with van der Waals surface area (Å²) in [6, 6.07) is 13.2. The number of fused-ring (bicyclic) bond motifs is 2. The van der Waals surface area contributed by atoms with Crippen LogP contribution >= 0.6 is 11.8 Å². The van der Waals surface area contributed by atoms with E-state index in [1.54, 1.807) is 27.5 Å². The first-order valence-corrected chi connectivity index (χ1v) is 13.6. The number of H-pyrrole nitrogens is 2. The van der Waals surface area contributed by atoms with Gasteiger partial charge in [0, 0.05) is 10.9 Å². The molecule has 192 valence electrons. The van der Waals surface area contributed by atoms with E-state index < -0.39 is 12.0 Å². The number of benzene rings is 2. The number of aromatic nitrogens is 5. The van der Waals surface area contributed by atoms with Crippen molar-refractivity contribution in [1.29, 1.82) is 0 Å². The lowest BCUT2D eigenvalue weighted by Crippen LogP contribution is -2.39. The predicted molar refractivity (Wildman–Crippen MR) is 151 cm³/mol. The fraction of sp³-hybridized carbons (Fsp3) is 0.296. The van der Waals surface area contributed by atoms with Gasteiger partial charge >= 0.3 is 5.97 Å². The fourth-order valence-electron chi connectivity index (χ4n) is 4.68. The molecular formula is C27H31N7O2S. The topological polar surface area (TPSA) is 129 Å². The summed E-state index contributed by atoms with van der Waals surface area (Å²) >= 11 is 1.61. The van der Waals surface area contributed by atoms with Crippen LogP contribution in [0, 0.1) is 6.92 Å². The highest BCUT2D eigenvalue weighted by Gasteiger charge is 2.31. The summed E-state index contributed by atoms with van der Waals surface area (Å²) in [5, 5.41) is 15.9. The van der Waals surface area contributed by atoms with Gasteiger partial charge in [-0.1, -0.05) is 19.9 Å². The lowest BCUT2D eigenvalue weighted by Gasteiger charge is -2.29. The van der Waals surface area contributed by atoms with Crippen LogP contribution in [-0.4, -0.2) is 53.9 Å². The first-order chi connectivity index (χ1) is 17.8. The van der Waals surface area contributed by atoms with Crippen LogP contribution in [0.15, 0.2) is 48.7 Å². The molecule has 5 aromatic rings. The summed E-state index contributed by atoms with van der Waals surface area (Å²) in [4.78, 5) is 25.4. The van der Waals surface area contributed by atoms with Gasteiger partial charge in [0.2, 0.25) is 0 Å². The number of nitrogens with zero attached hydrogens (tertiary/aromatic N) is 4. The molecule has 0 bridgehead atoms. The molecule has 0 aliphatic heterocycles. The van der Waals surface area contributed by atoms with Gasteiger partial charge in [0.15, 0.2) is 5.82 Å². The highest BCUT2D eigenvalue weighted by Crippen LogP contribution is 2.37. The van der Waals surface area contributed by atoms with Gasteiger partial charge in [0.05, 0.1) is 22.9 Å². The lowest BCUT2D eigenvalue weighted by atomic mass is 10.0. The first-order valence-electron chi connectivity index (χ1n) is 12.2. The van der Waals surface area contributed by atoms with E-state index in [1.807, 2.05) is 43.5 Å². The van der Waals surface area contributed by atoms with Crippen molar-refractivity contribution in [2.45, 2.75) is 39.2 Å². The molecule has 0 spiro atoms. The van der Waals surface area contributed by atoms with Crippen molar-refractivity contribution in [2.75, 3.05) is 22.6 Å². The van der Waals surface area contributed by atoms with Crippen LogP contribution in [-0.2, 0) is 4.79 Å². The molecule has 0 aliphatic carbocycles. The zero-order valence-electron chi connectivity index (χ0n) is 21.3. The number of hydrogen-bond acceptors (Lipinski definition) is 6. The number of rotatable bonds is 9. The Balaban J connectivity index is 1.63. The SMILES string of the molecule is CSCC[C@@H](C(=O)O)N(c1cc2cc(C(C)C)ccc2[nH]1)c1cnn(-c2ccc3nc(C)[nH]c3c2)c1N. The minimum absolute atomic E-state index is 0.354. The number of carboxylic acid groups (broad SMARTS) is 1. The standard InChI is InChI=1S/C27H31N7O2S/c1-15(2)17-5-7-20-18(11-17)12-25(32-20)33(23(27(35)36)9-10-37-4)24-14-29-34(26(24)28)19-6-8-21-22(13-19)31-16(3)30-21/h5-8,11-15,23,32H,9-10,28H2,1-4H3,(H,30,31)(H,35,36)/t23-/m0/s1. The fourth-order valence-corrected chi connectivity index (χ4v) is 5.14. The molecular weight excluding hydrogens is 486 g/mol. The van der Waals surface area contributed by atoms with Crippen molar-refractivity contribution in [1.82, 2.24) is 24.7 Å². The molecule has 0 radical (unpaired) electrons. The molecule has 5 N–H and O–H groups in total. The highest BCUT2D eigenvalue weighted by molar-refractivity contribution is 7.98. The van der Waals surface area contributed by atoms with E-state index in [-0.39, 0.29) is 0 Å². The highest BCUT2D eigenvalue weighted by atomic mass is 32.2. The normalized spacial score (nSPS) is 12.6. The summed E-state index contributed by atoms with van der Waals surface area (Å²) < 4.78 is 1.63. The van der Waals surface area contributed by atoms with E-state index in [9.17, 15) is 9.90 Å². The maximum Gasteiger partial charge on any atom is 0.326 e. The average molecular weight is 518 g/mol. The van der Waals surface area contributed by atoms with E-state index in [4.69, 9.17) is 5.73 Å². The van der Waals surface area contributed by atoms with Crippen LogP contribution in [0.25, 0.3) is 27.6 Å². The number of aryl methyl sites for hydroxylation is 1. The molecule has 3 heterocycles. The Morgan fingerprint density at radius 1 is 1.16 bits per heavy atom. The first kappa shape index (κ1) is 24.8. The Labute approximate surface area is 219 Å². The van der Waals surface area contributed by atoms with Crippen molar-refractivity contribution in [3.63, 3.8) is 0 Å². The maximum atomic E-state index is 12.5. The number of hydrogen-bond donors (Lipinski definition) is 4. The molecule has 1 atom stereocenters. The predicted octanol–water partition coefficient (Wildman–Crippen LogP) is 5.59. The molecule has 3 aromatic heterocycles. The van der Waals surface area contributed by atoms with E-state index >= 15 is 0 Å². The van der Waals surface area contributed by atoms with Gasteiger partial charge in [-0.05, 0) is 73.2 Å². The third kappa shape index (κ3) is 4.64. The molecule has 0 unspecified atom stereocenters. The summed E-state index contributed by atoms with van der Waals surface area (Å²) in [5.41, 5.74) is 11.8. The number of nitrogens with two attached hydrogens (primary N) is 1. The largest absolute Gasteiger partial charge is 0.480 e. The quantitative estimate of drug-likeness (QED) is 0.201. The van der Waals surface area contributed by atoms with E-state index in [1.165, 1.54) is 5.56 Å². The van der Waals surface area contributed by atoms with Gasteiger partial charge in [-0.25, -0.2) is 14.5 Å². The van der Waals surface area contributed by atoms with Gasteiger partial charge in [-0.15, -0.1) is 0 Å². The molecule has 10 heteroatoms. The second-order valence-corrected chi connectivity index (χ2v) is 10.5. The van der Waals surface area contributed by atoms with Gasteiger partial charge in [0.25, 0.3) is 0 Å². The van der Waals surface area contributed by atoms with Gasteiger partial charge in [0.1, 0.15) is 23.4 Å². The molecule has 0 aliphatic rings. The Morgan fingerprint density at radius 3 is 2.70 bits per heavy atom. The van der Waals surface area contributed by atoms with Gasteiger partial charge < -0.3 is 25.7 Å². The molecule has 2 aromatic carbocycles.